The lowest BCUT2D eigenvalue weighted by molar-refractivity contribution is -0.0120. The fourth-order valence-electron chi connectivity index (χ4n) is 1.42. The van der Waals surface area contributed by atoms with Gasteiger partial charge in [0.05, 0.1) is 12.2 Å². The molecule has 0 saturated heterocycles. The first-order chi connectivity index (χ1) is 5.60. The van der Waals surface area contributed by atoms with Crippen molar-refractivity contribution in [1.82, 2.24) is 0 Å². The van der Waals surface area contributed by atoms with Crippen LogP contribution in [0.15, 0.2) is 0 Å². The van der Waals surface area contributed by atoms with Crippen LogP contribution in [0.5, 0.6) is 0 Å². The standard InChI is InChI=1S/C11H23O/c1-6-11(7-2)12-10(5)8-9(3)4/h9-11H,1,6-8H2,2-5H3. The molecule has 0 aromatic heterocycles. The molecule has 12 heavy (non-hydrogen) atoms. The lowest BCUT2D eigenvalue weighted by Gasteiger charge is -2.21. The van der Waals surface area contributed by atoms with Crippen molar-refractivity contribution in [2.75, 3.05) is 0 Å². The highest BCUT2D eigenvalue weighted by atomic mass is 16.5. The van der Waals surface area contributed by atoms with Gasteiger partial charge in [-0.05, 0) is 32.1 Å². The van der Waals surface area contributed by atoms with Gasteiger partial charge in [0, 0.05) is 0 Å². The van der Waals surface area contributed by atoms with Crippen LogP contribution < -0.4 is 0 Å². The maximum atomic E-state index is 5.80. The summed E-state index contributed by atoms with van der Waals surface area (Å²) in [6.07, 6.45) is 3.86. The Morgan fingerprint density at radius 1 is 1.25 bits per heavy atom. The Balaban J connectivity index is 3.58. The maximum Gasteiger partial charge on any atom is 0.0576 e. The van der Waals surface area contributed by atoms with Crippen molar-refractivity contribution in [3.63, 3.8) is 0 Å². The normalized spacial score (nSPS) is 14.2. The average molecular weight is 171 g/mol. The van der Waals surface area contributed by atoms with E-state index in [-0.39, 0.29) is 0 Å². The van der Waals surface area contributed by atoms with E-state index in [0.29, 0.717) is 12.2 Å². The molecule has 0 aliphatic heterocycles. The van der Waals surface area contributed by atoms with Crippen LogP contribution in [0.1, 0.15) is 47.0 Å². The molecule has 0 saturated carbocycles. The Labute approximate surface area is 77.5 Å². The molecule has 2 unspecified atom stereocenters. The third kappa shape index (κ3) is 5.59. The molecule has 0 aliphatic carbocycles. The van der Waals surface area contributed by atoms with Gasteiger partial charge in [0.15, 0.2) is 0 Å². The molecule has 73 valence electrons. The van der Waals surface area contributed by atoms with Gasteiger partial charge < -0.3 is 4.74 Å². The van der Waals surface area contributed by atoms with E-state index in [1.54, 1.807) is 0 Å². The zero-order valence-electron chi connectivity index (χ0n) is 8.97. The zero-order chi connectivity index (χ0) is 9.56. The molecule has 2 atom stereocenters. The van der Waals surface area contributed by atoms with Gasteiger partial charge in [0.1, 0.15) is 0 Å². The van der Waals surface area contributed by atoms with E-state index < -0.39 is 0 Å². The molecule has 0 rings (SSSR count). The molecule has 0 spiro atoms. The SMILES string of the molecule is [CH2]CC(CC)OC(C)CC(C)C. The van der Waals surface area contributed by atoms with Gasteiger partial charge >= 0.3 is 0 Å². The van der Waals surface area contributed by atoms with Crippen LogP contribution in [0, 0.1) is 12.8 Å². The summed E-state index contributed by atoms with van der Waals surface area (Å²) in [4.78, 5) is 0. The number of rotatable bonds is 6. The van der Waals surface area contributed by atoms with Crippen molar-refractivity contribution in [3.8, 4) is 0 Å². The lowest BCUT2D eigenvalue weighted by atomic mass is 10.1. The highest BCUT2D eigenvalue weighted by Crippen LogP contribution is 2.12. The summed E-state index contributed by atoms with van der Waals surface area (Å²) in [7, 11) is 0. The van der Waals surface area contributed by atoms with E-state index in [1.165, 1.54) is 0 Å². The summed E-state index contributed by atoms with van der Waals surface area (Å²) < 4.78 is 5.80. The summed E-state index contributed by atoms with van der Waals surface area (Å²) >= 11 is 0. The second-order valence-electron chi connectivity index (χ2n) is 3.90. The van der Waals surface area contributed by atoms with Gasteiger partial charge in [0.2, 0.25) is 0 Å². The zero-order valence-corrected chi connectivity index (χ0v) is 8.97. The number of hydrogen-bond donors (Lipinski definition) is 0. The minimum Gasteiger partial charge on any atom is -0.375 e. The lowest BCUT2D eigenvalue weighted by Crippen LogP contribution is -2.20. The summed E-state index contributed by atoms with van der Waals surface area (Å²) in [5.74, 6) is 0.724. The molecular weight excluding hydrogens is 148 g/mol. The Morgan fingerprint density at radius 2 is 1.83 bits per heavy atom. The summed E-state index contributed by atoms with van der Waals surface area (Å²) in [6.45, 7) is 12.6. The molecule has 0 aliphatic rings. The van der Waals surface area contributed by atoms with E-state index in [9.17, 15) is 0 Å². The smallest absolute Gasteiger partial charge is 0.0576 e. The predicted molar refractivity (Wildman–Crippen MR) is 54.1 cm³/mol. The highest BCUT2D eigenvalue weighted by Gasteiger charge is 2.10. The molecule has 1 heteroatoms. The van der Waals surface area contributed by atoms with Gasteiger partial charge in [-0.25, -0.2) is 0 Å². The second-order valence-corrected chi connectivity index (χ2v) is 3.90. The minimum absolute atomic E-state index is 0.360. The number of ether oxygens (including phenoxy) is 1. The Kier molecular flexibility index (Phi) is 6.45. The Morgan fingerprint density at radius 3 is 2.17 bits per heavy atom. The van der Waals surface area contributed by atoms with Crippen LogP contribution in [0.2, 0.25) is 0 Å². The average Bonchev–Trinajstić information content (AvgIpc) is 1.98. The van der Waals surface area contributed by atoms with Crippen molar-refractivity contribution in [3.05, 3.63) is 6.92 Å². The topological polar surface area (TPSA) is 9.23 Å². The van der Waals surface area contributed by atoms with Crippen molar-refractivity contribution in [2.45, 2.75) is 59.2 Å². The minimum atomic E-state index is 0.360. The maximum absolute atomic E-state index is 5.80. The van der Waals surface area contributed by atoms with Crippen LogP contribution in [0.3, 0.4) is 0 Å². The van der Waals surface area contributed by atoms with E-state index in [4.69, 9.17) is 4.74 Å². The molecule has 0 N–H and O–H groups in total. The third-order valence-electron chi connectivity index (χ3n) is 2.01. The van der Waals surface area contributed by atoms with E-state index >= 15 is 0 Å². The van der Waals surface area contributed by atoms with Crippen LogP contribution in [0.4, 0.5) is 0 Å². The third-order valence-corrected chi connectivity index (χ3v) is 2.01. The predicted octanol–water partition coefficient (Wildman–Crippen LogP) is 3.44. The molecule has 0 bridgehead atoms. The fourth-order valence-corrected chi connectivity index (χ4v) is 1.42. The highest BCUT2D eigenvalue weighted by molar-refractivity contribution is 4.61. The van der Waals surface area contributed by atoms with Gasteiger partial charge in [-0.3, -0.25) is 0 Å². The molecule has 0 heterocycles. The molecule has 0 fully saturated rings. The molecule has 1 radical (unpaired) electrons. The largest absolute Gasteiger partial charge is 0.375 e. The van der Waals surface area contributed by atoms with Crippen LogP contribution in [-0.4, -0.2) is 12.2 Å². The molecule has 0 aromatic carbocycles. The van der Waals surface area contributed by atoms with Gasteiger partial charge in [-0.1, -0.05) is 27.7 Å². The van der Waals surface area contributed by atoms with Crippen molar-refractivity contribution in [1.29, 1.82) is 0 Å². The summed E-state index contributed by atoms with van der Waals surface area (Å²) in [5, 5.41) is 0. The summed E-state index contributed by atoms with van der Waals surface area (Å²) in [6, 6.07) is 0. The molecular formula is C11H23O. The Hall–Kier alpha value is -0.0400. The van der Waals surface area contributed by atoms with Crippen molar-refractivity contribution < 1.29 is 4.74 Å². The molecule has 1 nitrogen and oxygen atoms in total. The Bertz CT molecular complexity index is 95.2. The van der Waals surface area contributed by atoms with Crippen LogP contribution in [-0.2, 0) is 4.74 Å². The molecule has 0 aromatic rings. The first-order valence-corrected chi connectivity index (χ1v) is 5.04. The first kappa shape index (κ1) is 12.0. The molecule has 0 amide bonds. The van der Waals surface area contributed by atoms with Gasteiger partial charge in [0.25, 0.3) is 0 Å². The van der Waals surface area contributed by atoms with Gasteiger partial charge in [-0.15, -0.1) is 0 Å². The monoisotopic (exact) mass is 171 g/mol. The van der Waals surface area contributed by atoms with Crippen LogP contribution >= 0.6 is 0 Å². The van der Waals surface area contributed by atoms with E-state index in [0.717, 1.165) is 25.2 Å². The van der Waals surface area contributed by atoms with Gasteiger partial charge in [-0.2, -0.15) is 0 Å². The fraction of sp³-hybridized carbons (Fsp3) is 0.909. The van der Waals surface area contributed by atoms with Crippen molar-refractivity contribution >= 4 is 0 Å². The first-order valence-electron chi connectivity index (χ1n) is 5.04. The number of hydrogen-bond acceptors (Lipinski definition) is 1. The van der Waals surface area contributed by atoms with E-state index in [1.807, 2.05) is 0 Å². The van der Waals surface area contributed by atoms with Crippen LogP contribution in [0.25, 0.3) is 0 Å². The van der Waals surface area contributed by atoms with Crippen molar-refractivity contribution in [2.24, 2.45) is 5.92 Å². The van der Waals surface area contributed by atoms with E-state index in [2.05, 4.69) is 34.6 Å². The quantitative estimate of drug-likeness (QED) is 0.595. The summed E-state index contributed by atoms with van der Waals surface area (Å²) in [5.41, 5.74) is 0. The second kappa shape index (κ2) is 6.47.